The molecule has 0 spiro atoms. The zero-order valence-corrected chi connectivity index (χ0v) is 13.4. The average Bonchev–Trinajstić information content (AvgIpc) is 2.81. The van der Waals surface area contributed by atoms with Gasteiger partial charge in [0, 0.05) is 0 Å². The normalized spacial score (nSPS) is 21.0. The maximum absolute atomic E-state index is 13.0. The van der Waals surface area contributed by atoms with E-state index in [4.69, 9.17) is 4.84 Å². The van der Waals surface area contributed by atoms with Crippen molar-refractivity contribution in [1.82, 2.24) is 5.32 Å². The third kappa shape index (κ3) is 2.75. The van der Waals surface area contributed by atoms with E-state index in [-0.39, 0.29) is 5.71 Å². The van der Waals surface area contributed by atoms with Crippen LogP contribution in [-0.4, -0.2) is 43.2 Å². The molecule has 23 heavy (non-hydrogen) atoms. The Bertz CT molecular complexity index is 671. The summed E-state index contributed by atoms with van der Waals surface area (Å²) in [6.45, 7) is 3.20. The molecule has 2 amide bonds. The molecule has 1 N–H and O–H groups in total. The fourth-order valence-electron chi connectivity index (χ4n) is 2.39. The summed E-state index contributed by atoms with van der Waals surface area (Å²) >= 11 is 0. The molecular weight excluding hydrogens is 300 g/mol. The van der Waals surface area contributed by atoms with Gasteiger partial charge < -0.3 is 9.57 Å². The molecule has 0 aromatic heterocycles. The van der Waals surface area contributed by atoms with E-state index in [1.54, 1.807) is 38.1 Å². The highest BCUT2D eigenvalue weighted by atomic mass is 16.6. The summed E-state index contributed by atoms with van der Waals surface area (Å²) in [6.07, 6.45) is -0.770. The van der Waals surface area contributed by atoms with Crippen LogP contribution in [0.15, 0.2) is 40.6 Å². The Balaban J connectivity index is 2.51. The van der Waals surface area contributed by atoms with Crippen LogP contribution in [0.3, 0.4) is 0 Å². The van der Waals surface area contributed by atoms with Crippen LogP contribution in [0.4, 0.5) is 10.5 Å². The first-order chi connectivity index (χ1) is 11.0. The van der Waals surface area contributed by atoms with Crippen molar-refractivity contribution in [1.29, 1.82) is 0 Å². The maximum Gasteiger partial charge on any atom is 0.408 e. The molecule has 0 aliphatic carbocycles. The van der Waals surface area contributed by atoms with E-state index in [0.29, 0.717) is 11.4 Å². The van der Waals surface area contributed by atoms with Gasteiger partial charge >= 0.3 is 6.09 Å². The molecule has 1 unspecified atom stereocenters. The van der Waals surface area contributed by atoms with Gasteiger partial charge in [0.25, 0.3) is 5.91 Å². The summed E-state index contributed by atoms with van der Waals surface area (Å²) in [5.74, 6) is -0.468. The van der Waals surface area contributed by atoms with Crippen molar-refractivity contribution in [3.05, 3.63) is 30.3 Å². The number of carbonyl (C=O) groups excluding carboxylic acids is 2. The second-order valence-electron chi connectivity index (χ2n) is 4.86. The fraction of sp³-hybridized carbons (Fsp3) is 0.333. The Morgan fingerprint density at radius 2 is 1.96 bits per heavy atom. The second kappa shape index (κ2) is 6.47. The van der Waals surface area contributed by atoms with Crippen molar-refractivity contribution < 1.29 is 19.2 Å². The molecule has 1 aromatic carbocycles. The van der Waals surface area contributed by atoms with E-state index in [0.717, 1.165) is 0 Å². The summed E-state index contributed by atoms with van der Waals surface area (Å²) in [5, 5.41) is 11.8. The zero-order valence-electron chi connectivity index (χ0n) is 13.4. The molecule has 2 rings (SSSR count). The number of carbonyl (C=O) groups is 2. The minimum atomic E-state index is -1.54. The van der Waals surface area contributed by atoms with Crippen LogP contribution < -0.4 is 10.3 Å². The maximum atomic E-state index is 13.0. The van der Waals surface area contributed by atoms with Crippen molar-refractivity contribution >= 4 is 29.1 Å². The lowest BCUT2D eigenvalue weighted by atomic mass is 9.89. The van der Waals surface area contributed by atoms with Crippen molar-refractivity contribution in [2.75, 3.05) is 19.2 Å². The third-order valence-corrected chi connectivity index (χ3v) is 3.55. The lowest BCUT2D eigenvalue weighted by Gasteiger charge is -2.28. The number of nitrogens with zero attached hydrogens (tertiary/aromatic N) is 3. The minimum Gasteiger partial charge on any atom is -0.453 e. The van der Waals surface area contributed by atoms with E-state index < -0.39 is 17.5 Å². The number of alkyl carbamates (subject to hydrolysis) is 1. The molecule has 1 heterocycles. The Hall–Kier alpha value is -2.90. The Morgan fingerprint density at radius 1 is 1.30 bits per heavy atom. The van der Waals surface area contributed by atoms with E-state index >= 15 is 0 Å². The summed E-state index contributed by atoms with van der Waals surface area (Å²) < 4.78 is 4.63. The predicted octanol–water partition coefficient (Wildman–Crippen LogP) is 1.53. The van der Waals surface area contributed by atoms with Crippen molar-refractivity contribution in [3.63, 3.8) is 0 Å². The monoisotopic (exact) mass is 318 g/mol. The number of benzene rings is 1. The Labute approximate surface area is 133 Å². The predicted molar refractivity (Wildman–Crippen MR) is 85.4 cm³/mol. The Kier molecular flexibility index (Phi) is 4.63. The van der Waals surface area contributed by atoms with Crippen molar-refractivity contribution in [2.45, 2.75) is 19.4 Å². The van der Waals surface area contributed by atoms with Gasteiger partial charge in [0.15, 0.2) is 0 Å². The Morgan fingerprint density at radius 3 is 2.52 bits per heavy atom. The van der Waals surface area contributed by atoms with Gasteiger partial charge in [-0.1, -0.05) is 23.4 Å². The van der Waals surface area contributed by atoms with Crippen LogP contribution >= 0.6 is 0 Å². The van der Waals surface area contributed by atoms with Gasteiger partial charge in [-0.2, -0.15) is 10.1 Å². The van der Waals surface area contributed by atoms with Crippen LogP contribution in [0.5, 0.6) is 0 Å². The number of para-hydroxylation sites is 1. The lowest BCUT2D eigenvalue weighted by molar-refractivity contribution is -0.119. The highest BCUT2D eigenvalue weighted by Gasteiger charge is 2.54. The molecule has 1 aliphatic heterocycles. The van der Waals surface area contributed by atoms with Gasteiger partial charge in [-0.3, -0.25) is 10.1 Å². The lowest BCUT2D eigenvalue weighted by Crippen LogP contribution is -2.63. The molecule has 1 aliphatic rings. The number of oxime groups is 1. The van der Waals surface area contributed by atoms with Gasteiger partial charge in [-0.25, -0.2) is 4.79 Å². The summed E-state index contributed by atoms with van der Waals surface area (Å²) in [4.78, 5) is 29.5. The number of anilines is 1. The van der Waals surface area contributed by atoms with Gasteiger partial charge in [-0.15, -0.1) is 0 Å². The second-order valence-corrected chi connectivity index (χ2v) is 4.86. The summed E-state index contributed by atoms with van der Waals surface area (Å²) in [6, 6.07) is 8.89. The first kappa shape index (κ1) is 16.5. The molecule has 0 saturated carbocycles. The van der Waals surface area contributed by atoms with Gasteiger partial charge in [0.2, 0.25) is 5.54 Å². The minimum absolute atomic E-state index is 0.245. The summed E-state index contributed by atoms with van der Waals surface area (Å²) in [7, 11) is 2.57. The van der Waals surface area contributed by atoms with Crippen LogP contribution in [0.1, 0.15) is 13.8 Å². The molecule has 8 nitrogen and oxygen atoms in total. The van der Waals surface area contributed by atoms with Crippen molar-refractivity contribution in [3.8, 4) is 0 Å². The average molecular weight is 318 g/mol. The first-order valence-corrected chi connectivity index (χ1v) is 6.87. The molecule has 0 bridgehead atoms. The third-order valence-electron chi connectivity index (χ3n) is 3.55. The molecular formula is C15H18N4O4. The van der Waals surface area contributed by atoms with Crippen molar-refractivity contribution in [2.24, 2.45) is 10.3 Å². The van der Waals surface area contributed by atoms with Gasteiger partial charge in [-0.05, 0) is 26.0 Å². The van der Waals surface area contributed by atoms with E-state index in [2.05, 4.69) is 20.3 Å². The van der Waals surface area contributed by atoms with Gasteiger partial charge in [0.1, 0.15) is 7.11 Å². The smallest absolute Gasteiger partial charge is 0.408 e. The molecule has 8 heteroatoms. The van der Waals surface area contributed by atoms with Crippen LogP contribution in [-0.2, 0) is 14.4 Å². The SMILES string of the molecule is CON=C(C)C1(NC(=O)OC)C(=O)N(c2ccccc2)N=C1C. The molecule has 1 aromatic rings. The number of methoxy groups -OCH3 is 1. The largest absolute Gasteiger partial charge is 0.453 e. The van der Waals surface area contributed by atoms with Gasteiger partial charge in [0.05, 0.1) is 24.2 Å². The number of hydrogen-bond donors (Lipinski definition) is 1. The molecule has 0 radical (unpaired) electrons. The van der Waals surface area contributed by atoms with Crippen LogP contribution in [0, 0.1) is 0 Å². The van der Waals surface area contributed by atoms with E-state index in [9.17, 15) is 9.59 Å². The quantitative estimate of drug-likeness (QED) is 0.673. The van der Waals surface area contributed by atoms with Crippen LogP contribution in [0.25, 0.3) is 0 Å². The molecule has 0 saturated heterocycles. The number of rotatable bonds is 4. The van der Waals surface area contributed by atoms with E-state index in [1.165, 1.54) is 19.2 Å². The number of hydrazone groups is 1. The van der Waals surface area contributed by atoms with E-state index in [1.807, 2.05) is 6.07 Å². The number of amides is 2. The number of hydrogen-bond acceptors (Lipinski definition) is 6. The van der Waals surface area contributed by atoms with Crippen LogP contribution in [0.2, 0.25) is 0 Å². The molecule has 122 valence electrons. The zero-order chi connectivity index (χ0) is 17.0. The topological polar surface area (TPSA) is 92.6 Å². The highest BCUT2D eigenvalue weighted by Crippen LogP contribution is 2.28. The molecule has 0 fully saturated rings. The summed E-state index contributed by atoms with van der Waals surface area (Å²) in [5.41, 5.74) is -0.361. The fourth-order valence-corrected chi connectivity index (χ4v) is 2.39. The highest BCUT2D eigenvalue weighted by molar-refractivity contribution is 6.37. The molecule has 1 atom stereocenters. The standard InChI is InChI=1S/C15H18N4O4/c1-10-15(11(2)18-23-4,16-14(21)22-3)13(20)19(17-10)12-8-6-5-7-9-12/h5-9H,1-4H3,(H,16,21). The first-order valence-electron chi connectivity index (χ1n) is 6.87. The number of nitrogens with one attached hydrogen (secondary N) is 1. The number of ether oxygens (including phenoxy) is 1.